The summed E-state index contributed by atoms with van der Waals surface area (Å²) in [6.07, 6.45) is 3.90. The highest BCUT2D eigenvalue weighted by atomic mass is 35.5. The molecule has 9 nitrogen and oxygen atoms in total. The summed E-state index contributed by atoms with van der Waals surface area (Å²) in [5.41, 5.74) is 2.30. The molecule has 0 fully saturated rings. The molecule has 0 radical (unpaired) electrons. The van der Waals surface area contributed by atoms with Gasteiger partial charge in [0.25, 0.3) is 5.91 Å². The Morgan fingerprint density at radius 3 is 2.79 bits per heavy atom. The first-order valence-corrected chi connectivity index (χ1v) is 12.1. The Balaban J connectivity index is 1.51. The van der Waals surface area contributed by atoms with E-state index in [9.17, 15) is 9.18 Å². The second kappa shape index (κ2) is 9.90. The second-order valence-corrected chi connectivity index (χ2v) is 9.72. The van der Waals surface area contributed by atoms with Gasteiger partial charge in [-0.2, -0.15) is 5.10 Å². The van der Waals surface area contributed by atoms with Gasteiger partial charge in [0.2, 0.25) is 0 Å². The van der Waals surface area contributed by atoms with Crippen LogP contribution in [0.4, 0.5) is 4.39 Å². The molecular weight excluding hydrogens is 510 g/mol. The average molecular weight is 533 g/mol. The van der Waals surface area contributed by atoms with E-state index in [1.54, 1.807) is 25.5 Å². The monoisotopic (exact) mass is 532 g/mol. The molecule has 0 aliphatic rings. The normalized spacial score (nSPS) is 12.9. The van der Waals surface area contributed by atoms with Crippen molar-refractivity contribution in [1.82, 2.24) is 30.0 Å². The SMILES string of the molecule is B[C@@](C)(NC(=O)c1cocn1)c1cc(F)cc(Cl)c1COc1cccc2c(-n3ncnc3C)cc(C)nc12. The number of fused-ring (bicyclic) bond motifs is 1. The summed E-state index contributed by atoms with van der Waals surface area (Å²) in [4.78, 5) is 25.5. The van der Waals surface area contributed by atoms with E-state index in [4.69, 9.17) is 25.7 Å². The summed E-state index contributed by atoms with van der Waals surface area (Å²) < 4.78 is 27.4. The van der Waals surface area contributed by atoms with Crippen molar-refractivity contribution in [3.63, 3.8) is 0 Å². The molecule has 3 heterocycles. The molecule has 1 atom stereocenters. The van der Waals surface area contributed by atoms with Gasteiger partial charge in [-0.1, -0.05) is 23.7 Å². The molecule has 0 saturated heterocycles. The van der Waals surface area contributed by atoms with Crippen LogP contribution in [0.3, 0.4) is 0 Å². The van der Waals surface area contributed by atoms with Crippen molar-refractivity contribution in [3.8, 4) is 11.4 Å². The van der Waals surface area contributed by atoms with Gasteiger partial charge in [-0.25, -0.2) is 24.0 Å². The maximum atomic E-state index is 14.5. The average Bonchev–Trinajstić information content (AvgIpc) is 3.54. The zero-order chi connectivity index (χ0) is 27.0. The van der Waals surface area contributed by atoms with Crippen LogP contribution in [0.1, 0.15) is 40.1 Å². The first-order valence-electron chi connectivity index (χ1n) is 11.7. The van der Waals surface area contributed by atoms with Gasteiger partial charge in [0.05, 0.1) is 10.7 Å². The lowest BCUT2D eigenvalue weighted by Crippen LogP contribution is -2.45. The van der Waals surface area contributed by atoms with Gasteiger partial charge in [0.15, 0.2) is 12.1 Å². The fraction of sp³-hybridized carbons (Fsp3) is 0.192. The summed E-state index contributed by atoms with van der Waals surface area (Å²) in [6, 6.07) is 10.1. The number of oxazole rings is 1. The third kappa shape index (κ3) is 4.84. The predicted molar refractivity (Wildman–Crippen MR) is 142 cm³/mol. The molecule has 0 aliphatic heterocycles. The van der Waals surface area contributed by atoms with Crippen molar-refractivity contribution in [2.24, 2.45) is 0 Å². The van der Waals surface area contributed by atoms with Gasteiger partial charge < -0.3 is 14.5 Å². The number of carbonyl (C=O) groups excluding carboxylic acids is 1. The molecule has 0 aliphatic carbocycles. The lowest BCUT2D eigenvalue weighted by atomic mass is 9.72. The maximum absolute atomic E-state index is 14.5. The highest BCUT2D eigenvalue weighted by Gasteiger charge is 2.29. The maximum Gasteiger partial charge on any atom is 0.273 e. The van der Waals surface area contributed by atoms with Crippen molar-refractivity contribution in [3.05, 3.63) is 94.6 Å². The van der Waals surface area contributed by atoms with Gasteiger partial charge in [-0.05, 0) is 50.6 Å². The number of pyridine rings is 1. The molecule has 0 unspecified atom stereocenters. The number of rotatable bonds is 7. The zero-order valence-electron chi connectivity index (χ0n) is 21.1. The Hall–Kier alpha value is -4.25. The minimum absolute atomic E-state index is 0.00410. The fourth-order valence-corrected chi connectivity index (χ4v) is 4.61. The number of amides is 1. The Morgan fingerprint density at radius 2 is 2.08 bits per heavy atom. The van der Waals surface area contributed by atoms with Gasteiger partial charge in [0, 0.05) is 22.1 Å². The van der Waals surface area contributed by atoms with Gasteiger partial charge in [-0.15, -0.1) is 0 Å². The highest BCUT2D eigenvalue weighted by Crippen LogP contribution is 2.33. The van der Waals surface area contributed by atoms with Crippen molar-refractivity contribution < 1.29 is 18.3 Å². The summed E-state index contributed by atoms with van der Waals surface area (Å²) in [7, 11) is 1.75. The lowest BCUT2D eigenvalue weighted by molar-refractivity contribution is 0.0924. The minimum atomic E-state index is -1.02. The Bertz CT molecular complexity index is 1650. The summed E-state index contributed by atoms with van der Waals surface area (Å²) in [5, 5.41) is 8.20. The third-order valence-corrected chi connectivity index (χ3v) is 6.49. The van der Waals surface area contributed by atoms with E-state index in [0.29, 0.717) is 22.4 Å². The Kier molecular flexibility index (Phi) is 6.62. The molecule has 38 heavy (non-hydrogen) atoms. The van der Waals surface area contributed by atoms with E-state index in [0.717, 1.165) is 29.0 Å². The van der Waals surface area contributed by atoms with Crippen LogP contribution in [0.25, 0.3) is 16.6 Å². The molecule has 192 valence electrons. The Morgan fingerprint density at radius 1 is 1.26 bits per heavy atom. The summed E-state index contributed by atoms with van der Waals surface area (Å²) in [6.45, 7) is 5.51. The molecule has 1 N–H and O–H groups in total. The van der Waals surface area contributed by atoms with Crippen LogP contribution in [0.2, 0.25) is 5.02 Å². The largest absolute Gasteiger partial charge is 0.487 e. The lowest BCUT2D eigenvalue weighted by Gasteiger charge is -2.30. The smallest absolute Gasteiger partial charge is 0.273 e. The number of halogens is 2. The van der Waals surface area contributed by atoms with Crippen molar-refractivity contribution >= 4 is 36.3 Å². The molecule has 12 heteroatoms. The minimum Gasteiger partial charge on any atom is -0.487 e. The number of nitrogens with zero attached hydrogens (tertiary/aromatic N) is 5. The summed E-state index contributed by atoms with van der Waals surface area (Å²) >= 11 is 6.50. The number of para-hydroxylation sites is 1. The number of hydrogen-bond acceptors (Lipinski definition) is 7. The van der Waals surface area contributed by atoms with Crippen LogP contribution in [0.5, 0.6) is 5.75 Å². The topological polar surface area (TPSA) is 108 Å². The van der Waals surface area contributed by atoms with E-state index in [-0.39, 0.29) is 17.3 Å². The van der Waals surface area contributed by atoms with E-state index in [1.165, 1.54) is 24.7 Å². The van der Waals surface area contributed by atoms with Crippen LogP contribution in [-0.4, -0.2) is 38.5 Å². The standard InChI is InChI=1S/C26H23BClFN6O3/c1-14-7-22(35-15(2)30-12-32-35)17-5-4-6-23(24(17)33-14)38-10-18-19(8-16(29)9-20(18)28)26(3,27)34-25(36)21-11-37-13-31-21/h4-9,11-13H,10,27H2,1-3H3,(H,34,36)/t26-/m0/s1. The number of hydrogen-bond donors (Lipinski definition) is 1. The molecule has 0 saturated carbocycles. The van der Waals surface area contributed by atoms with Gasteiger partial charge in [-0.3, -0.25) is 4.79 Å². The molecule has 3 aromatic heterocycles. The number of ether oxygens (including phenoxy) is 1. The van der Waals surface area contributed by atoms with E-state index < -0.39 is 17.2 Å². The van der Waals surface area contributed by atoms with Crippen LogP contribution < -0.4 is 10.1 Å². The van der Waals surface area contributed by atoms with Gasteiger partial charge >= 0.3 is 0 Å². The first-order chi connectivity index (χ1) is 18.1. The van der Waals surface area contributed by atoms with Crippen LogP contribution in [0.15, 0.2) is 59.8 Å². The number of aryl methyl sites for hydroxylation is 2. The Labute approximate surface area is 223 Å². The third-order valence-electron chi connectivity index (χ3n) is 6.15. The molecule has 0 bridgehead atoms. The van der Waals surface area contributed by atoms with Crippen LogP contribution in [-0.2, 0) is 12.0 Å². The molecule has 2 aromatic carbocycles. The van der Waals surface area contributed by atoms with Crippen molar-refractivity contribution in [2.75, 3.05) is 0 Å². The molecular formula is C26H23BClFN6O3. The first kappa shape index (κ1) is 25.4. The van der Waals surface area contributed by atoms with Crippen LogP contribution >= 0.6 is 11.6 Å². The molecule has 0 spiro atoms. The van der Waals surface area contributed by atoms with Crippen molar-refractivity contribution in [2.45, 2.75) is 32.8 Å². The predicted octanol–water partition coefficient (Wildman–Crippen LogP) is 4.03. The fourth-order valence-electron chi connectivity index (χ4n) is 4.35. The van der Waals surface area contributed by atoms with E-state index >= 15 is 0 Å². The number of aromatic nitrogens is 5. The van der Waals surface area contributed by atoms with Crippen LogP contribution in [0, 0.1) is 19.7 Å². The number of carbonyl (C=O) groups is 1. The quantitative estimate of drug-likeness (QED) is 0.315. The van der Waals surface area contributed by atoms with E-state index in [2.05, 4.69) is 20.4 Å². The zero-order valence-corrected chi connectivity index (χ0v) is 21.9. The molecule has 5 aromatic rings. The van der Waals surface area contributed by atoms with Gasteiger partial charge in [0.1, 0.15) is 50.0 Å². The van der Waals surface area contributed by atoms with Crippen molar-refractivity contribution in [1.29, 1.82) is 0 Å². The molecule has 1 amide bonds. The van der Waals surface area contributed by atoms with E-state index in [1.807, 2.05) is 32.0 Å². The summed E-state index contributed by atoms with van der Waals surface area (Å²) in [5.74, 6) is 0.246. The molecule has 5 rings (SSSR count). The highest BCUT2D eigenvalue weighted by molar-refractivity contribution is 6.31. The number of nitrogens with one attached hydrogen (secondary N) is 1. The number of benzene rings is 2. The second-order valence-electron chi connectivity index (χ2n) is 9.31.